The van der Waals surface area contributed by atoms with Crippen molar-refractivity contribution in [2.75, 3.05) is 31.1 Å². The Morgan fingerprint density at radius 3 is 2.74 bits per heavy atom. The Hall–Kier alpha value is -1.62. The number of nitrogens with zero attached hydrogens (tertiary/aromatic N) is 2. The maximum atomic E-state index is 11.3. The number of piperidine rings is 1. The van der Waals surface area contributed by atoms with Crippen LogP contribution in [0.15, 0.2) is 24.5 Å². The fraction of sp³-hybridized carbons (Fsp3) is 0.571. The molecule has 1 fully saturated rings. The maximum absolute atomic E-state index is 11.3. The number of aromatic nitrogens is 1. The van der Waals surface area contributed by atoms with Crippen molar-refractivity contribution in [3.63, 3.8) is 0 Å². The van der Waals surface area contributed by atoms with Crippen molar-refractivity contribution >= 4 is 11.7 Å². The second-order valence-electron chi connectivity index (χ2n) is 4.65. The first kappa shape index (κ1) is 13.8. The van der Waals surface area contributed by atoms with Gasteiger partial charge in [-0.15, -0.1) is 0 Å². The summed E-state index contributed by atoms with van der Waals surface area (Å²) in [7, 11) is 0. The number of carbonyl (C=O) groups excluding carboxylic acids is 1. The first-order valence-corrected chi connectivity index (χ1v) is 6.83. The number of esters is 1. The van der Waals surface area contributed by atoms with Crippen molar-refractivity contribution in [2.45, 2.75) is 25.8 Å². The summed E-state index contributed by atoms with van der Waals surface area (Å²) in [5.41, 5.74) is 1.22. The van der Waals surface area contributed by atoms with Gasteiger partial charge in [-0.05, 0) is 31.9 Å². The Morgan fingerprint density at radius 1 is 1.42 bits per heavy atom. The summed E-state index contributed by atoms with van der Waals surface area (Å²) in [5, 5.41) is 3.26. The standard InChI is InChI=1S/C14H21N3O2/c1-2-19-14(18)11-16-12-5-9-17(10-6-12)13-3-7-15-8-4-13/h3-4,7-8,12,16H,2,5-6,9-11H2,1H3. The molecule has 1 aromatic rings. The summed E-state index contributed by atoms with van der Waals surface area (Å²) in [5.74, 6) is -0.168. The maximum Gasteiger partial charge on any atom is 0.319 e. The molecule has 1 saturated heterocycles. The van der Waals surface area contributed by atoms with E-state index < -0.39 is 0 Å². The molecule has 0 atom stereocenters. The number of hydrogen-bond acceptors (Lipinski definition) is 5. The highest BCUT2D eigenvalue weighted by atomic mass is 16.5. The van der Waals surface area contributed by atoms with E-state index in [-0.39, 0.29) is 5.97 Å². The van der Waals surface area contributed by atoms with Crippen molar-refractivity contribution in [2.24, 2.45) is 0 Å². The van der Waals surface area contributed by atoms with Crippen molar-refractivity contribution in [3.05, 3.63) is 24.5 Å². The second kappa shape index (κ2) is 7.09. The number of anilines is 1. The minimum atomic E-state index is -0.168. The third-order valence-corrected chi connectivity index (χ3v) is 3.36. The minimum absolute atomic E-state index is 0.168. The van der Waals surface area contributed by atoms with E-state index >= 15 is 0 Å². The molecule has 0 radical (unpaired) electrons. The zero-order valence-corrected chi connectivity index (χ0v) is 11.3. The summed E-state index contributed by atoms with van der Waals surface area (Å²) in [6, 6.07) is 4.47. The molecule has 0 aliphatic carbocycles. The molecule has 0 aromatic carbocycles. The smallest absolute Gasteiger partial charge is 0.319 e. The molecule has 1 aromatic heterocycles. The molecule has 1 aliphatic heterocycles. The summed E-state index contributed by atoms with van der Waals surface area (Å²) in [6.07, 6.45) is 5.73. The highest BCUT2D eigenvalue weighted by Crippen LogP contribution is 2.18. The van der Waals surface area contributed by atoms with Gasteiger partial charge in [-0.25, -0.2) is 0 Å². The SMILES string of the molecule is CCOC(=O)CNC1CCN(c2ccncc2)CC1. The highest BCUT2D eigenvalue weighted by Gasteiger charge is 2.19. The molecule has 0 spiro atoms. The average Bonchev–Trinajstić information content (AvgIpc) is 2.47. The van der Waals surface area contributed by atoms with Gasteiger partial charge in [-0.1, -0.05) is 0 Å². The van der Waals surface area contributed by atoms with Crippen LogP contribution in [0.5, 0.6) is 0 Å². The first-order chi connectivity index (χ1) is 9.29. The second-order valence-corrected chi connectivity index (χ2v) is 4.65. The van der Waals surface area contributed by atoms with E-state index in [1.807, 2.05) is 31.5 Å². The minimum Gasteiger partial charge on any atom is -0.465 e. The first-order valence-electron chi connectivity index (χ1n) is 6.83. The number of carbonyl (C=O) groups is 1. The molecule has 104 valence electrons. The van der Waals surface area contributed by atoms with Crippen LogP contribution in [0.4, 0.5) is 5.69 Å². The van der Waals surface area contributed by atoms with E-state index in [1.165, 1.54) is 5.69 Å². The highest BCUT2D eigenvalue weighted by molar-refractivity contribution is 5.71. The Kier molecular flexibility index (Phi) is 5.15. The van der Waals surface area contributed by atoms with Gasteiger partial charge in [0.05, 0.1) is 13.2 Å². The molecular weight excluding hydrogens is 242 g/mol. The van der Waals surface area contributed by atoms with Crippen LogP contribution >= 0.6 is 0 Å². The summed E-state index contributed by atoms with van der Waals surface area (Å²) in [4.78, 5) is 17.7. The van der Waals surface area contributed by atoms with Crippen LogP contribution in [0.1, 0.15) is 19.8 Å². The van der Waals surface area contributed by atoms with Gasteiger partial charge in [0.15, 0.2) is 0 Å². The summed E-state index contributed by atoms with van der Waals surface area (Å²) < 4.78 is 4.90. The third kappa shape index (κ3) is 4.21. The third-order valence-electron chi connectivity index (χ3n) is 3.36. The van der Waals surface area contributed by atoms with Crippen LogP contribution in [0, 0.1) is 0 Å². The van der Waals surface area contributed by atoms with E-state index in [2.05, 4.69) is 15.2 Å². The lowest BCUT2D eigenvalue weighted by atomic mass is 10.0. The van der Waals surface area contributed by atoms with Gasteiger partial charge < -0.3 is 15.0 Å². The van der Waals surface area contributed by atoms with Crippen LogP contribution < -0.4 is 10.2 Å². The van der Waals surface area contributed by atoms with Gasteiger partial charge in [0, 0.05) is 37.2 Å². The van der Waals surface area contributed by atoms with Crippen molar-refractivity contribution in [3.8, 4) is 0 Å². The number of ether oxygens (including phenoxy) is 1. The van der Waals surface area contributed by atoms with E-state index in [0.29, 0.717) is 19.2 Å². The zero-order chi connectivity index (χ0) is 13.5. The van der Waals surface area contributed by atoms with Crippen LogP contribution in [0.25, 0.3) is 0 Å². The molecule has 2 heterocycles. The van der Waals surface area contributed by atoms with Gasteiger partial charge in [0.2, 0.25) is 0 Å². The molecule has 0 bridgehead atoms. The number of hydrogen-bond donors (Lipinski definition) is 1. The van der Waals surface area contributed by atoms with Gasteiger partial charge in [-0.2, -0.15) is 0 Å². The lowest BCUT2D eigenvalue weighted by Gasteiger charge is -2.33. The van der Waals surface area contributed by atoms with E-state index in [9.17, 15) is 4.79 Å². The Morgan fingerprint density at radius 2 is 2.11 bits per heavy atom. The van der Waals surface area contributed by atoms with Crippen molar-refractivity contribution in [1.82, 2.24) is 10.3 Å². The predicted octanol–water partition coefficient (Wildman–Crippen LogP) is 1.20. The van der Waals surface area contributed by atoms with Gasteiger partial charge in [-0.3, -0.25) is 9.78 Å². The van der Waals surface area contributed by atoms with Crippen LogP contribution in [-0.2, 0) is 9.53 Å². The Bertz CT molecular complexity index is 389. The average molecular weight is 263 g/mol. The van der Waals surface area contributed by atoms with Crippen LogP contribution in [-0.4, -0.2) is 43.2 Å². The van der Waals surface area contributed by atoms with Gasteiger partial charge in [0.25, 0.3) is 0 Å². The fourth-order valence-corrected chi connectivity index (χ4v) is 2.34. The van der Waals surface area contributed by atoms with E-state index in [1.54, 1.807) is 0 Å². The number of pyridine rings is 1. The number of nitrogens with one attached hydrogen (secondary N) is 1. The van der Waals surface area contributed by atoms with Crippen LogP contribution in [0.2, 0.25) is 0 Å². The molecule has 0 amide bonds. The molecular formula is C14H21N3O2. The van der Waals surface area contributed by atoms with Gasteiger partial charge >= 0.3 is 5.97 Å². The summed E-state index contributed by atoms with van der Waals surface area (Å²) >= 11 is 0. The number of rotatable bonds is 5. The van der Waals surface area contributed by atoms with Gasteiger partial charge in [0.1, 0.15) is 0 Å². The molecule has 5 heteroatoms. The normalized spacial score (nSPS) is 16.4. The fourth-order valence-electron chi connectivity index (χ4n) is 2.34. The Balaban J connectivity index is 1.72. The monoisotopic (exact) mass is 263 g/mol. The van der Waals surface area contributed by atoms with Crippen molar-refractivity contribution in [1.29, 1.82) is 0 Å². The zero-order valence-electron chi connectivity index (χ0n) is 11.3. The molecule has 1 aliphatic rings. The molecule has 0 unspecified atom stereocenters. The predicted molar refractivity (Wildman–Crippen MR) is 74.1 cm³/mol. The largest absolute Gasteiger partial charge is 0.465 e. The quantitative estimate of drug-likeness (QED) is 0.809. The summed E-state index contributed by atoms with van der Waals surface area (Å²) in [6.45, 7) is 4.59. The van der Waals surface area contributed by atoms with E-state index in [0.717, 1.165) is 25.9 Å². The van der Waals surface area contributed by atoms with Crippen molar-refractivity contribution < 1.29 is 9.53 Å². The molecule has 19 heavy (non-hydrogen) atoms. The van der Waals surface area contributed by atoms with E-state index in [4.69, 9.17) is 4.74 Å². The lowest BCUT2D eigenvalue weighted by molar-refractivity contribution is -0.142. The topological polar surface area (TPSA) is 54.5 Å². The Labute approximate surface area is 114 Å². The lowest BCUT2D eigenvalue weighted by Crippen LogP contribution is -2.44. The molecule has 0 saturated carbocycles. The molecule has 2 rings (SSSR count). The molecule has 5 nitrogen and oxygen atoms in total. The van der Waals surface area contributed by atoms with Crippen LogP contribution in [0.3, 0.4) is 0 Å². The molecule has 1 N–H and O–H groups in total.